The Hall–Kier alpha value is -2.41. The van der Waals surface area contributed by atoms with Crippen molar-refractivity contribution in [2.24, 2.45) is 0 Å². The Morgan fingerprint density at radius 1 is 1.25 bits per heavy atom. The highest BCUT2D eigenvalue weighted by Gasteiger charge is 2.47. The molecule has 5 N–H and O–H groups in total. The van der Waals surface area contributed by atoms with E-state index in [0.717, 1.165) is 0 Å². The summed E-state index contributed by atoms with van der Waals surface area (Å²) < 4.78 is 16.2. The monoisotopic (exact) mass is 456 g/mol. The molecule has 0 spiro atoms. The van der Waals surface area contributed by atoms with Gasteiger partial charge >= 0.3 is 5.97 Å². The lowest BCUT2D eigenvalue weighted by Crippen LogP contribution is -2.60. The number of cyclic esters (lactones) is 1. The molecule has 0 unspecified atom stereocenters. The summed E-state index contributed by atoms with van der Waals surface area (Å²) in [6.45, 7) is 1.28. The second kappa shape index (κ2) is 10.5. The Morgan fingerprint density at radius 3 is 2.66 bits per heavy atom. The van der Waals surface area contributed by atoms with Crippen LogP contribution in [-0.2, 0) is 25.7 Å². The van der Waals surface area contributed by atoms with Crippen LogP contribution in [0.5, 0.6) is 17.2 Å². The van der Waals surface area contributed by atoms with Crippen LogP contribution in [0, 0.1) is 0 Å². The lowest BCUT2D eigenvalue weighted by Gasteiger charge is -2.40. The van der Waals surface area contributed by atoms with Crippen molar-refractivity contribution in [3.8, 4) is 17.2 Å². The van der Waals surface area contributed by atoms with Crippen LogP contribution in [-0.4, -0.2) is 82.0 Å². The molecular weight excluding hydrogens is 428 g/mol. The molecule has 11 heteroatoms. The summed E-state index contributed by atoms with van der Waals surface area (Å²) >= 11 is 0. The van der Waals surface area contributed by atoms with E-state index in [-0.39, 0.29) is 5.56 Å². The van der Waals surface area contributed by atoms with Crippen molar-refractivity contribution in [2.45, 2.75) is 63.0 Å². The average Bonchev–Trinajstić information content (AvgIpc) is 2.75. The molecule has 0 saturated carbocycles. The third-order valence-electron chi connectivity index (χ3n) is 5.40. The number of phenolic OH excluding ortho intramolecular Hbond substituents is 2. The molecule has 2 heterocycles. The fraction of sp³-hybridized carbons (Fsp3) is 0.571. The molecule has 2 aliphatic heterocycles. The number of carbonyl (C=O) groups excluding carboxylic acids is 1. The number of phenols is 2. The molecule has 0 aromatic heterocycles. The Morgan fingerprint density at radius 2 is 2.00 bits per heavy atom. The van der Waals surface area contributed by atoms with Crippen molar-refractivity contribution in [1.29, 1.82) is 0 Å². The number of aliphatic hydroxyl groups excluding tert-OH is 3. The Labute approximate surface area is 184 Å². The number of carbonyl (C=O) groups is 1. The average molecular weight is 456 g/mol. The summed E-state index contributed by atoms with van der Waals surface area (Å²) in [7, 11) is 1.18. The summed E-state index contributed by atoms with van der Waals surface area (Å²) in [5.74, 6) is -2.49. The Kier molecular flexibility index (Phi) is 7.93. The van der Waals surface area contributed by atoms with Crippen LogP contribution in [0.15, 0.2) is 18.2 Å². The van der Waals surface area contributed by atoms with E-state index in [9.17, 15) is 30.3 Å². The number of rotatable bonds is 8. The predicted molar refractivity (Wildman–Crippen MR) is 107 cm³/mol. The lowest BCUT2D eigenvalue weighted by atomic mass is 9.94. The number of esters is 1. The molecule has 0 bridgehead atoms. The van der Waals surface area contributed by atoms with E-state index in [2.05, 4.69) is 4.89 Å². The van der Waals surface area contributed by atoms with Gasteiger partial charge in [-0.3, -0.25) is 0 Å². The molecule has 11 nitrogen and oxygen atoms in total. The van der Waals surface area contributed by atoms with E-state index in [4.69, 9.17) is 19.1 Å². The number of fused-ring (bicyclic) bond motifs is 1. The van der Waals surface area contributed by atoms with Crippen molar-refractivity contribution in [3.63, 3.8) is 0 Å². The molecule has 32 heavy (non-hydrogen) atoms. The number of benzene rings is 1. The standard InChI is InChI=1S/C21H28O11/c1-3-4-5-6-11-7-10-8-12(23)18(15(24)14(10)20(27)29-11)31-21-17(26)16(25)19(32-28-2)13(9-22)30-21/h3-4,8,11,13,16-17,19,21-26H,5-7,9H2,1-2H3/b4-3+/t11-,13+,16+,17+,19+,21-/m0/s1. The summed E-state index contributed by atoms with van der Waals surface area (Å²) in [6.07, 6.45) is -2.24. The quantitative estimate of drug-likeness (QED) is 0.158. The molecule has 3 rings (SSSR count). The van der Waals surface area contributed by atoms with Crippen molar-refractivity contribution in [1.82, 2.24) is 0 Å². The summed E-state index contributed by atoms with van der Waals surface area (Å²) in [5.41, 5.74) is 0.228. The van der Waals surface area contributed by atoms with E-state index in [1.54, 1.807) is 0 Å². The van der Waals surface area contributed by atoms with E-state index in [1.165, 1.54) is 13.2 Å². The summed E-state index contributed by atoms with van der Waals surface area (Å²) in [6, 6.07) is 1.28. The summed E-state index contributed by atoms with van der Waals surface area (Å²) in [4.78, 5) is 21.8. The molecule has 2 aliphatic rings. The lowest BCUT2D eigenvalue weighted by molar-refractivity contribution is -0.379. The maximum Gasteiger partial charge on any atom is 0.342 e. The number of hydrogen-bond acceptors (Lipinski definition) is 11. The molecule has 0 amide bonds. The van der Waals surface area contributed by atoms with Gasteiger partial charge in [0.25, 0.3) is 0 Å². The van der Waals surface area contributed by atoms with E-state index in [1.807, 2.05) is 19.1 Å². The molecule has 1 aromatic rings. The van der Waals surface area contributed by atoms with Crippen molar-refractivity contribution in [3.05, 3.63) is 29.3 Å². The highest BCUT2D eigenvalue weighted by molar-refractivity contribution is 5.96. The Bertz CT molecular complexity index is 838. The fourth-order valence-electron chi connectivity index (χ4n) is 3.80. The highest BCUT2D eigenvalue weighted by atomic mass is 17.2. The van der Waals surface area contributed by atoms with Crippen LogP contribution < -0.4 is 4.74 Å². The first-order valence-corrected chi connectivity index (χ1v) is 10.2. The van der Waals surface area contributed by atoms with Gasteiger partial charge in [0.05, 0.1) is 13.7 Å². The smallest absolute Gasteiger partial charge is 0.342 e. The second-order valence-corrected chi connectivity index (χ2v) is 7.54. The topological polar surface area (TPSA) is 164 Å². The van der Waals surface area contributed by atoms with E-state index in [0.29, 0.717) is 24.8 Å². The summed E-state index contributed by atoms with van der Waals surface area (Å²) in [5, 5.41) is 51.2. The first kappa shape index (κ1) is 24.2. The number of aliphatic hydroxyl groups is 3. The molecule has 1 fully saturated rings. The number of allylic oxidation sites excluding steroid dienone is 2. The van der Waals surface area contributed by atoms with E-state index < -0.39 is 66.6 Å². The highest BCUT2D eigenvalue weighted by Crippen LogP contribution is 2.44. The van der Waals surface area contributed by atoms with Gasteiger partial charge in [0.15, 0.2) is 11.5 Å². The van der Waals surface area contributed by atoms with Gasteiger partial charge in [-0.25, -0.2) is 14.6 Å². The van der Waals surface area contributed by atoms with Gasteiger partial charge in [-0.1, -0.05) is 12.2 Å². The van der Waals surface area contributed by atoms with Crippen LogP contribution >= 0.6 is 0 Å². The van der Waals surface area contributed by atoms with Gasteiger partial charge < -0.3 is 39.7 Å². The second-order valence-electron chi connectivity index (χ2n) is 7.54. The maximum absolute atomic E-state index is 12.5. The van der Waals surface area contributed by atoms with Crippen LogP contribution in [0.25, 0.3) is 0 Å². The SMILES string of the molecule is C/C=C/CC[C@H]1Cc2cc(O)c(O[C@@H]3O[C@H](CO)[C@@H](OOC)[C@H](O)[C@H]3O)c(O)c2C(=O)O1. The van der Waals surface area contributed by atoms with Crippen LogP contribution in [0.1, 0.15) is 35.7 Å². The van der Waals surface area contributed by atoms with Gasteiger partial charge in [-0.2, -0.15) is 0 Å². The zero-order valence-corrected chi connectivity index (χ0v) is 17.7. The predicted octanol–water partition coefficient (Wildman–Crippen LogP) is 0.300. The molecule has 0 aliphatic carbocycles. The number of hydrogen-bond donors (Lipinski definition) is 5. The van der Waals surface area contributed by atoms with Crippen molar-refractivity contribution in [2.75, 3.05) is 13.7 Å². The van der Waals surface area contributed by atoms with Crippen molar-refractivity contribution >= 4 is 5.97 Å². The van der Waals surface area contributed by atoms with Crippen LogP contribution in [0.3, 0.4) is 0 Å². The largest absolute Gasteiger partial charge is 0.504 e. The maximum atomic E-state index is 12.5. The van der Waals surface area contributed by atoms with E-state index >= 15 is 0 Å². The first-order valence-electron chi connectivity index (χ1n) is 10.2. The number of aromatic hydroxyl groups is 2. The molecule has 1 aromatic carbocycles. The third kappa shape index (κ3) is 4.82. The minimum Gasteiger partial charge on any atom is -0.504 e. The molecule has 178 valence electrons. The normalized spacial score (nSPS) is 30.2. The zero-order chi connectivity index (χ0) is 23.4. The third-order valence-corrected chi connectivity index (χ3v) is 5.40. The molecule has 0 radical (unpaired) electrons. The minimum absolute atomic E-state index is 0.162. The Balaban J connectivity index is 1.83. The van der Waals surface area contributed by atoms with Gasteiger partial charge in [0.1, 0.15) is 36.1 Å². The van der Waals surface area contributed by atoms with Crippen molar-refractivity contribution < 1.29 is 54.3 Å². The molecular formula is C21H28O11. The molecule has 6 atom stereocenters. The molecule has 1 saturated heterocycles. The van der Waals surface area contributed by atoms with Crippen LogP contribution in [0.2, 0.25) is 0 Å². The van der Waals surface area contributed by atoms with Gasteiger partial charge in [-0.15, -0.1) is 0 Å². The van der Waals surface area contributed by atoms with Gasteiger partial charge in [-0.05, 0) is 31.4 Å². The number of ether oxygens (including phenoxy) is 3. The fourth-order valence-corrected chi connectivity index (χ4v) is 3.80. The van der Waals surface area contributed by atoms with Gasteiger partial charge in [0.2, 0.25) is 12.0 Å². The zero-order valence-electron chi connectivity index (χ0n) is 17.7. The van der Waals surface area contributed by atoms with Gasteiger partial charge in [0, 0.05) is 6.42 Å². The first-order chi connectivity index (χ1) is 15.3. The van der Waals surface area contributed by atoms with Crippen LogP contribution in [0.4, 0.5) is 0 Å². The minimum atomic E-state index is -1.70.